The van der Waals surface area contributed by atoms with Gasteiger partial charge in [-0.2, -0.15) is 0 Å². The van der Waals surface area contributed by atoms with Gasteiger partial charge in [0.2, 0.25) is 5.88 Å². The molecule has 3 aromatic carbocycles. The highest BCUT2D eigenvalue weighted by Crippen LogP contribution is 2.35. The Bertz CT molecular complexity index is 1390. The zero-order valence-corrected chi connectivity index (χ0v) is 20.7. The fraction of sp³-hybridized carbons (Fsp3) is 0.172. The number of hydrogen-bond donors (Lipinski definition) is 2. The summed E-state index contributed by atoms with van der Waals surface area (Å²) in [7, 11) is 0. The van der Waals surface area contributed by atoms with Crippen LogP contribution in [0.1, 0.15) is 31.9 Å². The van der Waals surface area contributed by atoms with E-state index in [0.717, 1.165) is 11.6 Å². The van der Waals surface area contributed by atoms with Crippen molar-refractivity contribution in [2.24, 2.45) is 0 Å². The molecule has 0 fully saturated rings. The molecular weight excluding hydrogens is 476 g/mol. The van der Waals surface area contributed by atoms with Gasteiger partial charge in [0, 0.05) is 29.1 Å². The van der Waals surface area contributed by atoms with E-state index in [-0.39, 0.29) is 23.5 Å². The highest BCUT2D eigenvalue weighted by atomic mass is 19.1. The van der Waals surface area contributed by atoms with Crippen molar-refractivity contribution in [2.45, 2.75) is 32.8 Å². The minimum atomic E-state index is -0.671. The van der Waals surface area contributed by atoms with Gasteiger partial charge in [0.25, 0.3) is 0 Å². The van der Waals surface area contributed by atoms with Crippen LogP contribution in [0.15, 0.2) is 85.1 Å². The van der Waals surface area contributed by atoms with Crippen LogP contribution in [0.5, 0.6) is 17.4 Å². The SMILES string of the molecule is CC(C)(C)c1ccccc1Oc1ncccc1NC(=O)Nc1ccc(OCc2ccc(F)cc2F)cc1. The van der Waals surface area contributed by atoms with Crippen molar-refractivity contribution in [3.8, 4) is 17.4 Å². The predicted octanol–water partition coefficient (Wildman–Crippen LogP) is 7.67. The zero-order chi connectivity index (χ0) is 26.4. The maximum atomic E-state index is 13.8. The standard InChI is InChI=1S/C29H27F2N3O3/c1-29(2,3)23-7-4-5-9-26(23)37-27-25(8-6-16-32-27)34-28(35)33-21-12-14-22(15-13-21)36-18-19-10-11-20(30)17-24(19)31/h4-17H,18H2,1-3H3,(H2,33,34,35). The third-order valence-corrected chi connectivity index (χ3v) is 5.44. The topological polar surface area (TPSA) is 72.5 Å². The molecule has 0 bridgehead atoms. The number of anilines is 2. The van der Waals surface area contributed by atoms with Crippen LogP contribution in [0, 0.1) is 11.6 Å². The van der Waals surface area contributed by atoms with E-state index in [1.807, 2.05) is 24.3 Å². The first-order valence-electron chi connectivity index (χ1n) is 11.7. The molecule has 0 unspecified atom stereocenters. The highest BCUT2D eigenvalue weighted by molar-refractivity contribution is 6.00. The summed E-state index contributed by atoms with van der Waals surface area (Å²) in [5, 5.41) is 5.51. The van der Waals surface area contributed by atoms with Crippen LogP contribution in [-0.4, -0.2) is 11.0 Å². The van der Waals surface area contributed by atoms with Crippen LogP contribution in [0.2, 0.25) is 0 Å². The largest absolute Gasteiger partial charge is 0.489 e. The van der Waals surface area contributed by atoms with Gasteiger partial charge in [-0.1, -0.05) is 39.0 Å². The molecule has 0 saturated heterocycles. The van der Waals surface area contributed by atoms with Crippen molar-refractivity contribution in [3.05, 3.63) is 108 Å². The van der Waals surface area contributed by atoms with Gasteiger partial charge in [-0.3, -0.25) is 0 Å². The molecule has 1 heterocycles. The number of halogens is 2. The van der Waals surface area contributed by atoms with Crippen molar-refractivity contribution < 1.29 is 23.0 Å². The molecule has 6 nitrogen and oxygen atoms in total. The Morgan fingerprint density at radius 3 is 2.41 bits per heavy atom. The summed E-state index contributed by atoms with van der Waals surface area (Å²) in [6.07, 6.45) is 1.59. The number of ether oxygens (including phenoxy) is 2. The van der Waals surface area contributed by atoms with Crippen molar-refractivity contribution in [1.82, 2.24) is 4.98 Å². The number of rotatable bonds is 7. The smallest absolute Gasteiger partial charge is 0.323 e. The van der Waals surface area contributed by atoms with Gasteiger partial charge < -0.3 is 20.1 Å². The third kappa shape index (κ3) is 6.82. The Morgan fingerprint density at radius 1 is 0.919 bits per heavy atom. The summed E-state index contributed by atoms with van der Waals surface area (Å²) in [6, 6.07) is 20.5. The number of para-hydroxylation sites is 1. The highest BCUT2D eigenvalue weighted by Gasteiger charge is 2.20. The van der Waals surface area contributed by atoms with E-state index in [1.54, 1.807) is 42.6 Å². The monoisotopic (exact) mass is 503 g/mol. The van der Waals surface area contributed by atoms with Crippen LogP contribution in [0.25, 0.3) is 0 Å². The molecule has 4 rings (SSSR count). The number of carbonyl (C=O) groups is 1. The lowest BCUT2D eigenvalue weighted by Crippen LogP contribution is -2.20. The zero-order valence-electron chi connectivity index (χ0n) is 20.7. The molecule has 0 aliphatic carbocycles. The average molecular weight is 504 g/mol. The van der Waals surface area contributed by atoms with Gasteiger partial charge in [0.15, 0.2) is 0 Å². The lowest BCUT2D eigenvalue weighted by molar-refractivity contribution is 0.262. The molecule has 2 amide bonds. The van der Waals surface area contributed by atoms with E-state index in [9.17, 15) is 13.6 Å². The summed E-state index contributed by atoms with van der Waals surface area (Å²) in [5.74, 6) is 0.0831. The van der Waals surface area contributed by atoms with Gasteiger partial charge in [-0.05, 0) is 60.0 Å². The number of nitrogens with one attached hydrogen (secondary N) is 2. The molecule has 4 aromatic rings. The first-order valence-corrected chi connectivity index (χ1v) is 11.7. The Hall–Kier alpha value is -4.46. The minimum absolute atomic E-state index is 0.0541. The van der Waals surface area contributed by atoms with E-state index < -0.39 is 17.7 Å². The van der Waals surface area contributed by atoms with Crippen LogP contribution < -0.4 is 20.1 Å². The number of amides is 2. The first kappa shape index (κ1) is 25.6. The van der Waals surface area contributed by atoms with Crippen LogP contribution >= 0.6 is 0 Å². The number of nitrogens with zero attached hydrogens (tertiary/aromatic N) is 1. The number of benzene rings is 3. The van der Waals surface area contributed by atoms with Crippen LogP contribution in [0.3, 0.4) is 0 Å². The van der Waals surface area contributed by atoms with Crippen molar-refractivity contribution >= 4 is 17.4 Å². The second-order valence-electron chi connectivity index (χ2n) is 9.33. The van der Waals surface area contributed by atoms with Crippen molar-refractivity contribution in [2.75, 3.05) is 10.6 Å². The summed E-state index contributed by atoms with van der Waals surface area (Å²) < 4.78 is 38.5. The first-order chi connectivity index (χ1) is 17.7. The number of pyridine rings is 1. The molecule has 190 valence electrons. The van der Waals surface area contributed by atoms with Gasteiger partial charge >= 0.3 is 6.03 Å². The molecule has 0 spiro atoms. The van der Waals surface area contributed by atoms with E-state index in [0.29, 0.717) is 22.9 Å². The summed E-state index contributed by atoms with van der Waals surface area (Å²) in [6.45, 7) is 6.23. The molecular formula is C29H27F2N3O3. The number of aromatic nitrogens is 1. The second kappa shape index (κ2) is 11.1. The minimum Gasteiger partial charge on any atom is -0.489 e. The molecule has 0 atom stereocenters. The average Bonchev–Trinajstić information content (AvgIpc) is 2.85. The van der Waals surface area contributed by atoms with E-state index in [2.05, 4.69) is 36.4 Å². The lowest BCUT2D eigenvalue weighted by atomic mass is 9.86. The van der Waals surface area contributed by atoms with Crippen molar-refractivity contribution in [3.63, 3.8) is 0 Å². The molecule has 0 radical (unpaired) electrons. The number of hydrogen-bond acceptors (Lipinski definition) is 4. The van der Waals surface area contributed by atoms with E-state index >= 15 is 0 Å². The molecule has 8 heteroatoms. The maximum Gasteiger partial charge on any atom is 0.323 e. The Morgan fingerprint density at radius 2 is 1.68 bits per heavy atom. The molecule has 2 N–H and O–H groups in total. The Balaban J connectivity index is 1.38. The second-order valence-corrected chi connectivity index (χ2v) is 9.33. The fourth-order valence-corrected chi connectivity index (χ4v) is 3.57. The number of urea groups is 1. The molecule has 0 aliphatic heterocycles. The van der Waals surface area contributed by atoms with Gasteiger partial charge in [-0.15, -0.1) is 0 Å². The lowest BCUT2D eigenvalue weighted by Gasteiger charge is -2.22. The van der Waals surface area contributed by atoms with E-state index in [1.165, 1.54) is 12.1 Å². The van der Waals surface area contributed by atoms with Crippen LogP contribution in [-0.2, 0) is 12.0 Å². The predicted molar refractivity (Wildman–Crippen MR) is 139 cm³/mol. The van der Waals surface area contributed by atoms with Gasteiger partial charge in [-0.25, -0.2) is 18.6 Å². The maximum absolute atomic E-state index is 13.8. The molecule has 0 aliphatic rings. The van der Waals surface area contributed by atoms with Crippen LogP contribution in [0.4, 0.5) is 25.0 Å². The Labute approximate surface area is 214 Å². The van der Waals surface area contributed by atoms with Gasteiger partial charge in [0.1, 0.15) is 35.4 Å². The van der Waals surface area contributed by atoms with E-state index in [4.69, 9.17) is 9.47 Å². The molecule has 37 heavy (non-hydrogen) atoms. The third-order valence-electron chi connectivity index (χ3n) is 5.44. The molecule has 1 aromatic heterocycles. The Kier molecular flexibility index (Phi) is 7.67. The number of carbonyl (C=O) groups excluding carboxylic acids is 1. The van der Waals surface area contributed by atoms with Gasteiger partial charge in [0.05, 0.1) is 0 Å². The quantitative estimate of drug-likeness (QED) is 0.271. The van der Waals surface area contributed by atoms with Crippen molar-refractivity contribution in [1.29, 1.82) is 0 Å². The summed E-state index contributed by atoms with van der Waals surface area (Å²) in [5.41, 5.74) is 2.04. The summed E-state index contributed by atoms with van der Waals surface area (Å²) >= 11 is 0. The normalized spacial score (nSPS) is 11.1. The summed E-state index contributed by atoms with van der Waals surface area (Å²) in [4.78, 5) is 17.0. The molecule has 0 saturated carbocycles. The fourth-order valence-electron chi connectivity index (χ4n) is 3.57.